The highest BCUT2D eigenvalue weighted by atomic mass is 32.2. The number of amides is 1. The molecule has 13 heteroatoms. The number of halogens is 1. The summed E-state index contributed by atoms with van der Waals surface area (Å²) in [6.45, 7) is 0.318. The topological polar surface area (TPSA) is 163 Å². The molecule has 0 unspecified atom stereocenters. The highest BCUT2D eigenvalue weighted by molar-refractivity contribution is 7.91. The molecular formula is C36H36FN5O6S. The summed E-state index contributed by atoms with van der Waals surface area (Å²) < 4.78 is 53.8. The fraction of sp³-hybridized carbons (Fsp3) is 0.278. The molecular weight excluding hydrogens is 649 g/mol. The van der Waals surface area contributed by atoms with Crippen molar-refractivity contribution in [2.45, 2.75) is 42.3 Å². The minimum Gasteiger partial charge on any atom is -0.494 e. The molecule has 4 aromatic rings. The summed E-state index contributed by atoms with van der Waals surface area (Å²) in [5.74, 6) is -0.789. The summed E-state index contributed by atoms with van der Waals surface area (Å²) in [5.41, 5.74) is 9.27. The monoisotopic (exact) mass is 685 g/mol. The maximum Gasteiger partial charge on any atom is 0.252 e. The van der Waals surface area contributed by atoms with Crippen LogP contribution in [0.5, 0.6) is 5.75 Å². The van der Waals surface area contributed by atoms with Gasteiger partial charge in [0.25, 0.3) is 5.91 Å². The van der Waals surface area contributed by atoms with Crippen molar-refractivity contribution >= 4 is 21.6 Å². The van der Waals surface area contributed by atoms with Crippen molar-refractivity contribution in [3.8, 4) is 5.75 Å². The van der Waals surface area contributed by atoms with E-state index in [-0.39, 0.29) is 43.3 Å². The SMILES string of the molecule is [N-]=[N+]=NCc1ccccc1[C@H]1OC(c2ccc(OCCCO)cc2)=N[C@@]1(CCS(=O)(=O)c1ccccc1)C(=O)NCCc1ccccc1F. The van der Waals surface area contributed by atoms with Crippen molar-refractivity contribution in [3.63, 3.8) is 0 Å². The maximum atomic E-state index is 14.5. The first-order valence-corrected chi connectivity index (χ1v) is 17.4. The Hall–Kier alpha value is -5.23. The Kier molecular flexibility index (Phi) is 11.6. The van der Waals surface area contributed by atoms with Gasteiger partial charge in [0.05, 0.1) is 23.8 Å². The van der Waals surface area contributed by atoms with Crippen molar-refractivity contribution in [2.75, 3.05) is 25.5 Å². The number of rotatable bonds is 16. The first-order chi connectivity index (χ1) is 23.8. The lowest BCUT2D eigenvalue weighted by atomic mass is 9.83. The normalized spacial score (nSPS) is 17.0. The van der Waals surface area contributed by atoms with Crippen LogP contribution in [0.2, 0.25) is 0 Å². The standard InChI is InChI=1S/C36H36FN5O6S/c37-32-14-7-5-9-26(32)19-21-39-35(44)36(20-24-49(45,46)30-11-2-1-3-12-30)33(31-13-6-4-10-28(31)25-40-42-38)48-34(41-36)27-15-17-29(18-16-27)47-23-8-22-43/h1-7,9-18,33,43H,8,19-25H2,(H,39,44)/t33-,36-/m1/s1. The Labute approximate surface area is 284 Å². The largest absolute Gasteiger partial charge is 0.494 e. The van der Waals surface area contributed by atoms with Gasteiger partial charge in [-0.2, -0.15) is 0 Å². The molecule has 1 amide bonds. The number of aliphatic imine (C=N–C) groups is 1. The van der Waals surface area contributed by atoms with E-state index < -0.39 is 39.0 Å². The van der Waals surface area contributed by atoms with Crippen LogP contribution >= 0.6 is 0 Å². The minimum absolute atomic E-state index is 0.00427. The van der Waals surface area contributed by atoms with Crippen LogP contribution in [0.3, 0.4) is 0 Å². The van der Waals surface area contributed by atoms with Crippen molar-refractivity contribution < 1.29 is 32.2 Å². The molecule has 2 atom stereocenters. The third-order valence-electron chi connectivity index (χ3n) is 8.16. The molecule has 1 aliphatic heterocycles. The van der Waals surface area contributed by atoms with E-state index in [2.05, 4.69) is 15.3 Å². The summed E-state index contributed by atoms with van der Waals surface area (Å²) in [6, 6.07) is 28.0. The zero-order valence-corrected chi connectivity index (χ0v) is 27.4. The van der Waals surface area contributed by atoms with Gasteiger partial charge in [-0.15, -0.1) is 0 Å². The molecule has 11 nitrogen and oxygen atoms in total. The number of aliphatic hydroxyl groups excluding tert-OH is 1. The average molecular weight is 686 g/mol. The second-order valence-electron chi connectivity index (χ2n) is 11.4. The summed E-state index contributed by atoms with van der Waals surface area (Å²) in [5, 5.41) is 15.7. The lowest BCUT2D eigenvalue weighted by Crippen LogP contribution is -2.50. The molecule has 0 radical (unpaired) electrons. The predicted octanol–water partition coefficient (Wildman–Crippen LogP) is 5.88. The quantitative estimate of drug-likeness (QED) is 0.0648. The number of azide groups is 1. The molecule has 0 fully saturated rings. The maximum absolute atomic E-state index is 14.5. The number of nitrogens with zero attached hydrogens (tertiary/aromatic N) is 4. The van der Waals surface area contributed by atoms with E-state index in [4.69, 9.17) is 25.1 Å². The fourth-order valence-corrected chi connectivity index (χ4v) is 6.98. The van der Waals surface area contributed by atoms with E-state index in [1.54, 1.807) is 84.9 Å². The summed E-state index contributed by atoms with van der Waals surface area (Å²) in [7, 11) is -3.87. The fourth-order valence-electron chi connectivity index (χ4n) is 5.59. The molecule has 1 aliphatic rings. The van der Waals surface area contributed by atoms with E-state index in [9.17, 15) is 17.6 Å². The Morgan fingerprint density at radius 1 is 1.00 bits per heavy atom. The van der Waals surface area contributed by atoms with Gasteiger partial charge in [0.2, 0.25) is 5.90 Å². The molecule has 0 spiro atoms. The Morgan fingerprint density at radius 3 is 2.41 bits per heavy atom. The number of carbonyl (C=O) groups is 1. The van der Waals surface area contributed by atoms with Gasteiger partial charge in [-0.3, -0.25) is 4.79 Å². The van der Waals surface area contributed by atoms with E-state index in [0.29, 0.717) is 41.0 Å². The highest BCUT2D eigenvalue weighted by Gasteiger charge is 2.54. The molecule has 1 heterocycles. The molecule has 254 valence electrons. The molecule has 5 rings (SSSR count). The molecule has 0 saturated heterocycles. The Morgan fingerprint density at radius 2 is 1.69 bits per heavy atom. The Bertz CT molecular complexity index is 1940. The molecule has 0 saturated carbocycles. The molecule has 0 bridgehead atoms. The van der Waals surface area contributed by atoms with E-state index in [1.165, 1.54) is 18.2 Å². The average Bonchev–Trinajstić information content (AvgIpc) is 3.52. The van der Waals surface area contributed by atoms with Crippen LogP contribution in [0, 0.1) is 5.82 Å². The first kappa shape index (κ1) is 35.1. The number of ether oxygens (including phenoxy) is 2. The van der Waals surface area contributed by atoms with Gasteiger partial charge in [-0.25, -0.2) is 17.8 Å². The molecule has 0 aliphatic carbocycles. The second-order valence-corrected chi connectivity index (χ2v) is 13.5. The van der Waals surface area contributed by atoms with Gasteiger partial charge in [0.15, 0.2) is 21.5 Å². The molecule has 2 N–H and O–H groups in total. The van der Waals surface area contributed by atoms with Crippen LogP contribution in [0.15, 0.2) is 118 Å². The number of hydrogen-bond donors (Lipinski definition) is 2. The number of hydrogen-bond acceptors (Lipinski definition) is 8. The number of sulfone groups is 1. The van der Waals surface area contributed by atoms with E-state index in [1.807, 2.05) is 0 Å². The minimum atomic E-state index is -3.87. The van der Waals surface area contributed by atoms with Gasteiger partial charge in [-0.05, 0) is 71.1 Å². The van der Waals surface area contributed by atoms with Gasteiger partial charge < -0.3 is 19.9 Å². The van der Waals surface area contributed by atoms with Crippen molar-refractivity contribution in [3.05, 3.63) is 142 Å². The summed E-state index contributed by atoms with van der Waals surface area (Å²) in [4.78, 5) is 22.3. The van der Waals surface area contributed by atoms with E-state index >= 15 is 0 Å². The van der Waals surface area contributed by atoms with Gasteiger partial charge in [0.1, 0.15) is 11.6 Å². The first-order valence-electron chi connectivity index (χ1n) is 15.8. The molecule has 4 aromatic carbocycles. The molecule has 49 heavy (non-hydrogen) atoms. The van der Waals surface area contributed by atoms with Gasteiger partial charge >= 0.3 is 0 Å². The van der Waals surface area contributed by atoms with Crippen LogP contribution in [-0.4, -0.2) is 56.4 Å². The number of carbonyl (C=O) groups excluding carboxylic acids is 1. The summed E-state index contributed by atoms with van der Waals surface area (Å²) in [6.07, 6.45) is -0.728. The van der Waals surface area contributed by atoms with Crippen LogP contribution in [-0.2, 0) is 32.3 Å². The smallest absolute Gasteiger partial charge is 0.252 e. The Balaban J connectivity index is 1.57. The van der Waals surface area contributed by atoms with Crippen LogP contribution in [0.4, 0.5) is 4.39 Å². The lowest BCUT2D eigenvalue weighted by Gasteiger charge is -2.31. The van der Waals surface area contributed by atoms with Gasteiger partial charge in [0, 0.05) is 36.5 Å². The third-order valence-corrected chi connectivity index (χ3v) is 9.90. The highest BCUT2D eigenvalue weighted by Crippen LogP contribution is 2.44. The van der Waals surface area contributed by atoms with Crippen LogP contribution in [0.25, 0.3) is 10.4 Å². The van der Waals surface area contributed by atoms with Crippen LogP contribution in [0.1, 0.15) is 41.2 Å². The second kappa shape index (κ2) is 16.2. The number of benzene rings is 4. The third kappa shape index (κ3) is 8.44. The van der Waals surface area contributed by atoms with E-state index in [0.717, 1.165) is 0 Å². The van der Waals surface area contributed by atoms with Gasteiger partial charge in [-0.1, -0.05) is 65.8 Å². The van der Waals surface area contributed by atoms with Crippen LogP contribution < -0.4 is 10.1 Å². The van der Waals surface area contributed by atoms with Crippen molar-refractivity contribution in [2.24, 2.45) is 10.1 Å². The lowest BCUT2D eigenvalue weighted by molar-refractivity contribution is -0.129. The van der Waals surface area contributed by atoms with Crippen molar-refractivity contribution in [1.29, 1.82) is 0 Å². The number of nitrogens with one attached hydrogen (secondary N) is 1. The molecule has 0 aromatic heterocycles. The summed E-state index contributed by atoms with van der Waals surface area (Å²) >= 11 is 0. The zero-order chi connectivity index (χ0) is 34.7. The zero-order valence-electron chi connectivity index (χ0n) is 26.6. The predicted molar refractivity (Wildman–Crippen MR) is 182 cm³/mol. The number of aliphatic hydroxyl groups is 1. The van der Waals surface area contributed by atoms with Crippen molar-refractivity contribution in [1.82, 2.24) is 5.32 Å².